The van der Waals surface area contributed by atoms with E-state index in [1.807, 2.05) is 0 Å². The number of nitrogens with zero attached hydrogens (tertiary/aromatic N) is 1. The Labute approximate surface area is 75.1 Å². The zero-order valence-electron chi connectivity index (χ0n) is 8.00. The molecule has 0 amide bonds. The van der Waals surface area contributed by atoms with Crippen LogP contribution < -0.4 is 5.73 Å². The van der Waals surface area contributed by atoms with Crippen LogP contribution in [0, 0.1) is 5.92 Å². The molecule has 3 atom stereocenters. The van der Waals surface area contributed by atoms with Gasteiger partial charge in [0.1, 0.15) is 0 Å². The second-order valence-electron chi connectivity index (χ2n) is 4.62. The molecule has 1 saturated heterocycles. The summed E-state index contributed by atoms with van der Waals surface area (Å²) in [5.74, 6) is 0.951. The molecule has 0 bridgehead atoms. The number of hydrogen-bond acceptors (Lipinski definition) is 2. The lowest BCUT2D eigenvalue weighted by Gasteiger charge is -2.23. The summed E-state index contributed by atoms with van der Waals surface area (Å²) in [4.78, 5) is 2.61. The lowest BCUT2D eigenvalue weighted by molar-refractivity contribution is 0.239. The Kier molecular flexibility index (Phi) is 2.37. The minimum Gasteiger partial charge on any atom is -0.326 e. The zero-order chi connectivity index (χ0) is 8.55. The van der Waals surface area contributed by atoms with Crippen molar-refractivity contribution in [1.29, 1.82) is 0 Å². The molecule has 2 N–H and O–H groups in total. The van der Waals surface area contributed by atoms with E-state index in [1.54, 1.807) is 0 Å². The molecule has 3 unspecified atom stereocenters. The molecule has 2 rings (SSSR count). The van der Waals surface area contributed by atoms with Gasteiger partial charge in [0.25, 0.3) is 0 Å². The highest BCUT2D eigenvalue weighted by molar-refractivity contribution is 4.87. The highest BCUT2D eigenvalue weighted by Gasteiger charge is 2.30. The molecule has 0 aromatic heterocycles. The van der Waals surface area contributed by atoms with Gasteiger partial charge < -0.3 is 5.73 Å². The van der Waals surface area contributed by atoms with Crippen molar-refractivity contribution in [3.05, 3.63) is 0 Å². The van der Waals surface area contributed by atoms with Crippen molar-refractivity contribution >= 4 is 0 Å². The Morgan fingerprint density at radius 3 is 2.58 bits per heavy atom. The lowest BCUT2D eigenvalue weighted by atomic mass is 10.1. The van der Waals surface area contributed by atoms with E-state index in [0.29, 0.717) is 6.04 Å². The molecule has 12 heavy (non-hydrogen) atoms. The van der Waals surface area contributed by atoms with E-state index in [9.17, 15) is 0 Å². The third-order valence-corrected chi connectivity index (χ3v) is 3.44. The molecule has 1 aliphatic carbocycles. The third-order valence-electron chi connectivity index (χ3n) is 3.44. The second kappa shape index (κ2) is 3.35. The minimum absolute atomic E-state index is 0.459. The van der Waals surface area contributed by atoms with Crippen molar-refractivity contribution in [1.82, 2.24) is 4.90 Å². The summed E-state index contributed by atoms with van der Waals surface area (Å²) >= 11 is 0. The third kappa shape index (κ3) is 1.64. The van der Waals surface area contributed by atoms with Gasteiger partial charge in [0.2, 0.25) is 0 Å². The molecular formula is C10H20N2. The fourth-order valence-corrected chi connectivity index (χ4v) is 2.66. The predicted molar refractivity (Wildman–Crippen MR) is 51.0 cm³/mol. The fourth-order valence-electron chi connectivity index (χ4n) is 2.66. The van der Waals surface area contributed by atoms with E-state index in [1.165, 1.54) is 32.2 Å². The van der Waals surface area contributed by atoms with E-state index in [4.69, 9.17) is 5.73 Å². The molecule has 0 radical (unpaired) electrons. The predicted octanol–water partition coefficient (Wildman–Crippen LogP) is 1.21. The fraction of sp³-hybridized carbons (Fsp3) is 1.00. The van der Waals surface area contributed by atoms with Crippen molar-refractivity contribution in [3.63, 3.8) is 0 Å². The summed E-state index contributed by atoms with van der Waals surface area (Å²) in [5.41, 5.74) is 5.89. The quantitative estimate of drug-likeness (QED) is 0.637. The van der Waals surface area contributed by atoms with Gasteiger partial charge in [0.15, 0.2) is 0 Å². The molecule has 0 spiro atoms. The highest BCUT2D eigenvalue weighted by atomic mass is 15.2. The van der Waals surface area contributed by atoms with Crippen LogP contribution in [0.25, 0.3) is 0 Å². The van der Waals surface area contributed by atoms with Gasteiger partial charge in [-0.3, -0.25) is 4.90 Å². The molecule has 2 fully saturated rings. The lowest BCUT2D eigenvalue weighted by Crippen LogP contribution is -2.33. The second-order valence-corrected chi connectivity index (χ2v) is 4.62. The Hall–Kier alpha value is -0.0800. The number of likely N-dealkylation sites (tertiary alicyclic amines) is 1. The molecule has 2 heteroatoms. The topological polar surface area (TPSA) is 29.3 Å². The Morgan fingerprint density at radius 1 is 1.25 bits per heavy atom. The summed E-state index contributed by atoms with van der Waals surface area (Å²) in [6.45, 7) is 4.77. The molecule has 70 valence electrons. The van der Waals surface area contributed by atoms with Crippen molar-refractivity contribution in [2.45, 2.75) is 44.7 Å². The van der Waals surface area contributed by atoms with Gasteiger partial charge in [-0.1, -0.05) is 6.92 Å². The van der Waals surface area contributed by atoms with Crippen LogP contribution in [-0.4, -0.2) is 30.1 Å². The first-order valence-electron chi connectivity index (χ1n) is 5.25. The summed E-state index contributed by atoms with van der Waals surface area (Å²) < 4.78 is 0. The largest absolute Gasteiger partial charge is 0.326 e. The van der Waals surface area contributed by atoms with Gasteiger partial charge in [-0.2, -0.15) is 0 Å². The number of rotatable bonds is 1. The summed E-state index contributed by atoms with van der Waals surface area (Å²) in [6, 6.07) is 1.33. The van der Waals surface area contributed by atoms with Gasteiger partial charge in [-0.05, 0) is 31.6 Å². The standard InChI is InChI=1S/C10H20N2/c1-8-2-3-10(6-8)12-5-4-9(11)7-12/h8-10H,2-7,11H2,1H3. The van der Waals surface area contributed by atoms with Crippen molar-refractivity contribution in [2.24, 2.45) is 11.7 Å². The molecule has 0 aromatic carbocycles. The Bertz CT molecular complexity index is 140. The van der Waals surface area contributed by atoms with E-state index >= 15 is 0 Å². The van der Waals surface area contributed by atoms with E-state index < -0.39 is 0 Å². The zero-order valence-corrected chi connectivity index (χ0v) is 8.00. The van der Waals surface area contributed by atoms with E-state index in [0.717, 1.165) is 18.5 Å². The molecule has 1 aliphatic heterocycles. The van der Waals surface area contributed by atoms with Crippen LogP contribution in [0.5, 0.6) is 0 Å². The highest BCUT2D eigenvalue weighted by Crippen LogP contribution is 2.30. The first-order valence-corrected chi connectivity index (χ1v) is 5.25. The van der Waals surface area contributed by atoms with Crippen LogP contribution in [0.4, 0.5) is 0 Å². The van der Waals surface area contributed by atoms with Gasteiger partial charge in [-0.15, -0.1) is 0 Å². The van der Waals surface area contributed by atoms with Crippen LogP contribution in [0.1, 0.15) is 32.6 Å². The smallest absolute Gasteiger partial charge is 0.0180 e. The summed E-state index contributed by atoms with van der Waals surface area (Å²) in [7, 11) is 0. The van der Waals surface area contributed by atoms with E-state index in [2.05, 4.69) is 11.8 Å². The Morgan fingerprint density at radius 2 is 2.08 bits per heavy atom. The molecule has 1 saturated carbocycles. The van der Waals surface area contributed by atoms with Gasteiger partial charge >= 0.3 is 0 Å². The summed E-state index contributed by atoms with van der Waals surface area (Å²) in [6.07, 6.45) is 5.46. The average molecular weight is 168 g/mol. The molecule has 0 aromatic rings. The van der Waals surface area contributed by atoms with Crippen molar-refractivity contribution in [3.8, 4) is 0 Å². The van der Waals surface area contributed by atoms with Crippen LogP contribution in [0.2, 0.25) is 0 Å². The molecule has 1 heterocycles. The minimum atomic E-state index is 0.459. The first kappa shape index (κ1) is 8.52. The maximum absolute atomic E-state index is 5.89. The number of nitrogens with two attached hydrogens (primary N) is 1. The monoisotopic (exact) mass is 168 g/mol. The van der Waals surface area contributed by atoms with Gasteiger partial charge in [0.05, 0.1) is 0 Å². The van der Waals surface area contributed by atoms with Crippen LogP contribution in [0.15, 0.2) is 0 Å². The maximum Gasteiger partial charge on any atom is 0.0180 e. The molecule has 2 aliphatic rings. The van der Waals surface area contributed by atoms with Crippen molar-refractivity contribution < 1.29 is 0 Å². The van der Waals surface area contributed by atoms with Crippen LogP contribution in [-0.2, 0) is 0 Å². The average Bonchev–Trinajstić information content (AvgIpc) is 2.58. The van der Waals surface area contributed by atoms with E-state index in [-0.39, 0.29) is 0 Å². The van der Waals surface area contributed by atoms with Gasteiger partial charge in [-0.25, -0.2) is 0 Å². The Balaban J connectivity index is 1.85. The normalized spacial score (nSPS) is 44.0. The van der Waals surface area contributed by atoms with Crippen molar-refractivity contribution in [2.75, 3.05) is 13.1 Å². The van der Waals surface area contributed by atoms with Crippen LogP contribution >= 0.6 is 0 Å². The van der Waals surface area contributed by atoms with Gasteiger partial charge in [0, 0.05) is 25.2 Å². The SMILES string of the molecule is CC1CCC(N2CCC(N)C2)C1. The molecule has 2 nitrogen and oxygen atoms in total. The first-order chi connectivity index (χ1) is 5.75. The summed E-state index contributed by atoms with van der Waals surface area (Å²) in [5, 5.41) is 0. The number of hydrogen-bond donors (Lipinski definition) is 1. The van der Waals surface area contributed by atoms with Crippen LogP contribution in [0.3, 0.4) is 0 Å². The maximum atomic E-state index is 5.89. The molecular weight excluding hydrogens is 148 g/mol.